The van der Waals surface area contributed by atoms with Crippen molar-refractivity contribution in [3.63, 3.8) is 0 Å². The molecule has 0 radical (unpaired) electrons. The van der Waals surface area contributed by atoms with Gasteiger partial charge in [0.05, 0.1) is 6.10 Å². The second-order valence-corrected chi connectivity index (χ2v) is 7.32. The number of nitro groups is 1. The smallest absolute Gasteiger partial charge is 0.239 e. The molecule has 2 fully saturated rings. The molecule has 2 aliphatic carbocycles. The van der Waals surface area contributed by atoms with Crippen molar-refractivity contribution in [2.24, 2.45) is 16.8 Å². The van der Waals surface area contributed by atoms with E-state index in [2.05, 4.69) is 5.16 Å². The third-order valence-corrected chi connectivity index (χ3v) is 5.19. The van der Waals surface area contributed by atoms with Crippen LogP contribution in [0.5, 0.6) is 0 Å². The predicted molar refractivity (Wildman–Crippen MR) is 83.3 cm³/mol. The lowest BCUT2D eigenvalue weighted by Gasteiger charge is -2.36. The second-order valence-electron chi connectivity index (χ2n) is 6.09. The lowest BCUT2D eigenvalue weighted by molar-refractivity contribution is -0.541. The minimum atomic E-state index is -0.858. The highest BCUT2D eigenvalue weighted by Gasteiger charge is 2.42. The molecule has 0 aromatic rings. The molecule has 5 unspecified atom stereocenters. The monoisotopic (exact) mass is 353 g/mol. The van der Waals surface area contributed by atoms with E-state index in [-0.39, 0.29) is 40.0 Å². The van der Waals surface area contributed by atoms with Crippen molar-refractivity contribution in [1.29, 1.82) is 0 Å². The Bertz CT molecular complexity index is 428. The summed E-state index contributed by atoms with van der Waals surface area (Å²) in [7, 11) is 0. The number of rotatable bonds is 4. The molecule has 22 heavy (non-hydrogen) atoms. The number of amidine groups is 1. The Morgan fingerprint density at radius 3 is 2.41 bits per heavy atom. The highest BCUT2D eigenvalue weighted by molar-refractivity contribution is 6.23. The third kappa shape index (κ3) is 4.36. The maximum Gasteiger partial charge on any atom is 0.239 e. The van der Waals surface area contributed by atoms with Crippen LogP contribution in [-0.4, -0.2) is 45.0 Å². The van der Waals surface area contributed by atoms with Crippen molar-refractivity contribution in [3.8, 4) is 0 Å². The molecule has 0 bridgehead atoms. The van der Waals surface area contributed by atoms with Gasteiger partial charge in [0, 0.05) is 28.0 Å². The van der Waals surface area contributed by atoms with Crippen molar-refractivity contribution < 1.29 is 14.9 Å². The molecule has 0 saturated heterocycles. The molecule has 2 saturated carbocycles. The van der Waals surface area contributed by atoms with E-state index in [1.165, 1.54) is 0 Å². The number of alkyl halides is 2. The molecule has 9 heteroatoms. The van der Waals surface area contributed by atoms with Crippen LogP contribution >= 0.6 is 23.2 Å². The zero-order valence-electron chi connectivity index (χ0n) is 12.1. The summed E-state index contributed by atoms with van der Waals surface area (Å²) in [5.41, 5.74) is 5.58. The summed E-state index contributed by atoms with van der Waals surface area (Å²) in [6, 6.07) is -0.858. The number of halogens is 2. The Labute approximate surface area is 138 Å². The molecule has 0 amide bonds. The van der Waals surface area contributed by atoms with Crippen LogP contribution in [0.4, 0.5) is 0 Å². The van der Waals surface area contributed by atoms with E-state index in [0.717, 1.165) is 6.42 Å². The Kier molecular flexibility index (Phi) is 6.11. The third-order valence-electron chi connectivity index (χ3n) is 4.48. The van der Waals surface area contributed by atoms with Gasteiger partial charge >= 0.3 is 0 Å². The van der Waals surface area contributed by atoms with Gasteiger partial charge in [0.1, 0.15) is 11.9 Å². The predicted octanol–water partition coefficient (Wildman–Crippen LogP) is 2.33. The van der Waals surface area contributed by atoms with Gasteiger partial charge in [0.25, 0.3) is 0 Å². The van der Waals surface area contributed by atoms with Gasteiger partial charge in [-0.1, -0.05) is 5.16 Å². The molecule has 0 spiro atoms. The molecule has 7 nitrogen and oxygen atoms in total. The Morgan fingerprint density at radius 1 is 1.23 bits per heavy atom. The topological polar surface area (TPSA) is 111 Å². The highest BCUT2D eigenvalue weighted by atomic mass is 35.5. The normalized spacial score (nSPS) is 40.4. The number of nitrogens with zero attached hydrogens (tertiary/aromatic N) is 2. The van der Waals surface area contributed by atoms with Crippen LogP contribution in [0, 0.1) is 16.0 Å². The maximum absolute atomic E-state index is 11.3. The van der Waals surface area contributed by atoms with Gasteiger partial charge in [-0.3, -0.25) is 10.1 Å². The van der Waals surface area contributed by atoms with Gasteiger partial charge in [0.15, 0.2) is 0 Å². The summed E-state index contributed by atoms with van der Waals surface area (Å²) in [5.74, 6) is -0.238. The maximum atomic E-state index is 11.3. The van der Waals surface area contributed by atoms with Gasteiger partial charge in [0.2, 0.25) is 6.04 Å². The summed E-state index contributed by atoms with van der Waals surface area (Å²) >= 11 is 12.3. The van der Waals surface area contributed by atoms with Crippen LogP contribution in [-0.2, 0) is 4.74 Å². The standard InChI is InChI=1S/C13H21Cl2N3O4/c14-8-4-9(15)6-10(5-8)22-12-2-1-7(13(16)17-19)3-11(12)18(20)21/h7-12,19H,1-6H2,(H2,16,17). The molecular formula is C13H21Cl2N3O4. The van der Waals surface area contributed by atoms with Gasteiger partial charge in [-0.15, -0.1) is 23.2 Å². The molecular weight excluding hydrogens is 333 g/mol. The lowest BCUT2D eigenvalue weighted by Crippen LogP contribution is -2.46. The zero-order valence-corrected chi connectivity index (χ0v) is 13.6. The average Bonchev–Trinajstić information content (AvgIpc) is 2.45. The molecule has 0 aromatic carbocycles. The zero-order chi connectivity index (χ0) is 16.3. The Hall–Kier alpha value is -0.790. The number of ether oxygens (including phenoxy) is 1. The fourth-order valence-corrected chi connectivity index (χ4v) is 4.26. The first kappa shape index (κ1) is 17.6. The first-order valence-corrected chi connectivity index (χ1v) is 8.32. The van der Waals surface area contributed by atoms with Gasteiger partial charge in [-0.2, -0.15) is 0 Å². The molecule has 0 aliphatic heterocycles. The van der Waals surface area contributed by atoms with Crippen LogP contribution in [0.1, 0.15) is 38.5 Å². The van der Waals surface area contributed by atoms with Crippen molar-refractivity contribution in [2.75, 3.05) is 0 Å². The number of oxime groups is 1. The quantitative estimate of drug-likeness (QED) is 0.201. The summed E-state index contributed by atoms with van der Waals surface area (Å²) in [4.78, 5) is 11.0. The van der Waals surface area contributed by atoms with Crippen molar-refractivity contribution >= 4 is 29.0 Å². The minimum Gasteiger partial charge on any atom is -0.409 e. The average molecular weight is 354 g/mol. The van der Waals surface area contributed by atoms with E-state index >= 15 is 0 Å². The van der Waals surface area contributed by atoms with Crippen LogP contribution in [0.2, 0.25) is 0 Å². The van der Waals surface area contributed by atoms with E-state index in [1.54, 1.807) is 0 Å². The first-order chi connectivity index (χ1) is 10.4. The minimum absolute atomic E-state index is 0.0459. The molecule has 3 N–H and O–H groups in total. The van der Waals surface area contributed by atoms with E-state index in [0.29, 0.717) is 25.7 Å². The summed E-state index contributed by atoms with van der Waals surface area (Å²) in [6.07, 6.45) is 2.76. The fourth-order valence-electron chi connectivity index (χ4n) is 3.34. The number of hydrogen-bond acceptors (Lipinski definition) is 5. The van der Waals surface area contributed by atoms with Crippen LogP contribution in [0.15, 0.2) is 5.16 Å². The molecule has 126 valence electrons. The molecule has 0 aromatic heterocycles. The largest absolute Gasteiger partial charge is 0.409 e. The molecule has 2 rings (SSSR count). The number of hydrogen-bond donors (Lipinski definition) is 2. The van der Waals surface area contributed by atoms with Crippen molar-refractivity contribution in [3.05, 3.63) is 10.1 Å². The van der Waals surface area contributed by atoms with Gasteiger partial charge in [-0.05, 0) is 32.1 Å². The summed E-state index contributed by atoms with van der Waals surface area (Å²) in [6.45, 7) is 0. The number of nitrogens with two attached hydrogens (primary N) is 1. The van der Waals surface area contributed by atoms with Crippen molar-refractivity contribution in [1.82, 2.24) is 0 Å². The second kappa shape index (κ2) is 7.66. The van der Waals surface area contributed by atoms with E-state index in [4.69, 9.17) is 38.9 Å². The van der Waals surface area contributed by atoms with Gasteiger partial charge < -0.3 is 15.7 Å². The SMILES string of the molecule is N/C(=N\O)C1CCC(OC2CC(Cl)CC(Cl)C2)C([N+](=O)[O-])C1. The highest BCUT2D eigenvalue weighted by Crippen LogP contribution is 2.34. The fraction of sp³-hybridized carbons (Fsp3) is 0.923. The van der Waals surface area contributed by atoms with Crippen LogP contribution in [0.25, 0.3) is 0 Å². The van der Waals surface area contributed by atoms with E-state index in [1.807, 2.05) is 0 Å². The van der Waals surface area contributed by atoms with Crippen molar-refractivity contribution in [2.45, 2.75) is 67.5 Å². The molecule has 0 heterocycles. The molecule has 5 atom stereocenters. The van der Waals surface area contributed by atoms with E-state index < -0.39 is 12.1 Å². The summed E-state index contributed by atoms with van der Waals surface area (Å²) < 4.78 is 5.95. The van der Waals surface area contributed by atoms with Gasteiger partial charge in [-0.25, -0.2) is 0 Å². The van der Waals surface area contributed by atoms with Crippen LogP contribution < -0.4 is 5.73 Å². The van der Waals surface area contributed by atoms with E-state index in [9.17, 15) is 10.1 Å². The summed E-state index contributed by atoms with van der Waals surface area (Å²) in [5, 5.41) is 22.9. The lowest BCUT2D eigenvalue weighted by atomic mass is 9.83. The first-order valence-electron chi connectivity index (χ1n) is 7.45. The Morgan fingerprint density at radius 2 is 1.86 bits per heavy atom. The Balaban J connectivity index is 1.99. The molecule has 2 aliphatic rings. The van der Waals surface area contributed by atoms with Crippen LogP contribution in [0.3, 0.4) is 0 Å².